The fourth-order valence-corrected chi connectivity index (χ4v) is 5.18. The van der Waals surface area contributed by atoms with E-state index in [1.54, 1.807) is 13.4 Å². The van der Waals surface area contributed by atoms with Crippen LogP contribution in [0.2, 0.25) is 0 Å². The van der Waals surface area contributed by atoms with Crippen molar-refractivity contribution < 1.29 is 9.53 Å². The Bertz CT molecular complexity index is 1400. The van der Waals surface area contributed by atoms with Crippen LogP contribution in [0.15, 0.2) is 66.1 Å². The maximum atomic E-state index is 13.1. The van der Waals surface area contributed by atoms with Crippen LogP contribution in [0.3, 0.4) is 0 Å². The summed E-state index contributed by atoms with van der Waals surface area (Å²) < 4.78 is 9.16. The predicted octanol–water partition coefficient (Wildman–Crippen LogP) is 4.55. The molecule has 0 spiro atoms. The predicted molar refractivity (Wildman–Crippen MR) is 134 cm³/mol. The van der Waals surface area contributed by atoms with E-state index in [0.29, 0.717) is 16.5 Å². The SMILES string of the molecule is COc1cccc(-n2cnnc2SCC(=O)Nc2c(C#N)c3c(n2-c2ccccc2)CCCC3)c1. The number of carbonyl (C=O) groups excluding carboxylic acids is 1. The molecule has 8 nitrogen and oxygen atoms in total. The van der Waals surface area contributed by atoms with Crippen LogP contribution in [-0.2, 0) is 17.6 Å². The second-order valence-corrected chi connectivity index (χ2v) is 9.10. The third kappa shape index (κ3) is 4.53. The summed E-state index contributed by atoms with van der Waals surface area (Å²) in [5.74, 6) is 1.18. The molecule has 0 bridgehead atoms. The standard InChI is InChI=1S/C26H24N6O2S/c1-34-20-11-7-10-19(14-20)31-17-28-30-26(31)35-16-24(33)29-25-22(15-27)21-12-5-6-13-23(21)32(25)18-8-3-2-4-9-18/h2-4,7-11,14,17H,5-6,12-13,16H2,1H3,(H,29,33). The summed E-state index contributed by atoms with van der Waals surface area (Å²) in [4.78, 5) is 13.1. The highest BCUT2D eigenvalue weighted by molar-refractivity contribution is 7.99. The Kier molecular flexibility index (Phi) is 6.55. The molecule has 1 aliphatic rings. The molecule has 0 saturated carbocycles. The van der Waals surface area contributed by atoms with Gasteiger partial charge < -0.3 is 10.1 Å². The van der Waals surface area contributed by atoms with E-state index >= 15 is 0 Å². The number of fused-ring (bicyclic) bond motifs is 1. The van der Waals surface area contributed by atoms with E-state index in [9.17, 15) is 10.1 Å². The maximum absolute atomic E-state index is 13.1. The van der Waals surface area contributed by atoms with Gasteiger partial charge in [-0.25, -0.2) is 0 Å². The zero-order valence-corrected chi connectivity index (χ0v) is 20.1. The third-order valence-corrected chi connectivity index (χ3v) is 6.98. The first kappa shape index (κ1) is 22.7. The number of para-hydroxylation sites is 1. The molecule has 0 radical (unpaired) electrons. The number of amides is 1. The van der Waals surface area contributed by atoms with Gasteiger partial charge >= 0.3 is 0 Å². The molecule has 0 saturated heterocycles. The number of rotatable bonds is 7. The van der Waals surface area contributed by atoms with Crippen molar-refractivity contribution in [3.8, 4) is 23.2 Å². The fourth-order valence-electron chi connectivity index (χ4n) is 4.45. The van der Waals surface area contributed by atoms with Gasteiger partial charge in [0.05, 0.1) is 24.1 Å². The van der Waals surface area contributed by atoms with Crippen LogP contribution in [0.25, 0.3) is 11.4 Å². The monoisotopic (exact) mass is 484 g/mol. The molecular formula is C26H24N6O2S. The lowest BCUT2D eigenvalue weighted by Gasteiger charge is -2.17. The lowest BCUT2D eigenvalue weighted by molar-refractivity contribution is -0.113. The number of hydrogen-bond donors (Lipinski definition) is 1. The molecule has 1 N–H and O–H groups in total. The number of ether oxygens (including phenoxy) is 1. The molecule has 9 heteroatoms. The van der Waals surface area contributed by atoms with Gasteiger partial charge in [-0.3, -0.25) is 13.9 Å². The van der Waals surface area contributed by atoms with Gasteiger partial charge in [-0.2, -0.15) is 5.26 Å². The van der Waals surface area contributed by atoms with Crippen LogP contribution >= 0.6 is 11.8 Å². The second kappa shape index (κ2) is 10.1. The molecular weight excluding hydrogens is 460 g/mol. The van der Waals surface area contributed by atoms with E-state index in [4.69, 9.17) is 4.74 Å². The minimum atomic E-state index is -0.210. The van der Waals surface area contributed by atoms with Crippen LogP contribution < -0.4 is 10.1 Å². The largest absolute Gasteiger partial charge is 0.497 e. The number of benzene rings is 2. The summed E-state index contributed by atoms with van der Waals surface area (Å²) in [5, 5.41) is 21.8. The van der Waals surface area contributed by atoms with Gasteiger partial charge in [0.15, 0.2) is 5.16 Å². The highest BCUT2D eigenvalue weighted by Gasteiger charge is 2.26. The number of methoxy groups -OCH3 is 1. The van der Waals surface area contributed by atoms with Gasteiger partial charge in [0, 0.05) is 17.4 Å². The molecule has 176 valence electrons. The van der Waals surface area contributed by atoms with Crippen molar-refractivity contribution in [3.05, 3.63) is 77.7 Å². The molecule has 4 aromatic rings. The smallest absolute Gasteiger partial charge is 0.236 e. The van der Waals surface area contributed by atoms with Crippen LogP contribution in [0.4, 0.5) is 5.82 Å². The van der Waals surface area contributed by atoms with Crippen molar-refractivity contribution in [2.45, 2.75) is 30.8 Å². The minimum absolute atomic E-state index is 0.123. The van der Waals surface area contributed by atoms with Crippen LogP contribution in [0.1, 0.15) is 29.7 Å². The van der Waals surface area contributed by atoms with Crippen LogP contribution in [0, 0.1) is 11.3 Å². The van der Waals surface area contributed by atoms with Crippen molar-refractivity contribution in [2.24, 2.45) is 0 Å². The number of thioether (sulfide) groups is 1. The first-order valence-corrected chi connectivity index (χ1v) is 12.4. The van der Waals surface area contributed by atoms with E-state index in [0.717, 1.165) is 54.1 Å². The fraction of sp³-hybridized carbons (Fsp3) is 0.231. The van der Waals surface area contributed by atoms with Crippen LogP contribution in [-0.4, -0.2) is 38.1 Å². The van der Waals surface area contributed by atoms with E-state index in [-0.39, 0.29) is 11.7 Å². The van der Waals surface area contributed by atoms with Gasteiger partial charge in [0.2, 0.25) is 5.91 Å². The first-order chi connectivity index (χ1) is 17.2. The second-order valence-electron chi connectivity index (χ2n) is 8.16. The molecule has 0 atom stereocenters. The third-order valence-electron chi connectivity index (χ3n) is 6.04. The number of anilines is 1. The molecule has 0 fully saturated rings. The van der Waals surface area contributed by atoms with Crippen molar-refractivity contribution in [1.82, 2.24) is 19.3 Å². The molecule has 0 unspecified atom stereocenters. The van der Waals surface area contributed by atoms with Crippen molar-refractivity contribution in [1.29, 1.82) is 5.26 Å². The number of hydrogen-bond acceptors (Lipinski definition) is 6. The minimum Gasteiger partial charge on any atom is -0.497 e. The maximum Gasteiger partial charge on any atom is 0.236 e. The lowest BCUT2D eigenvalue weighted by atomic mass is 9.95. The summed E-state index contributed by atoms with van der Waals surface area (Å²) in [6, 6.07) is 19.8. The van der Waals surface area contributed by atoms with Crippen LogP contribution in [0.5, 0.6) is 5.75 Å². The van der Waals surface area contributed by atoms with E-state index in [1.807, 2.05) is 63.7 Å². The topological polar surface area (TPSA) is 97.8 Å². The van der Waals surface area contributed by atoms with E-state index in [1.165, 1.54) is 11.8 Å². The Labute approximate surface area is 207 Å². The lowest BCUT2D eigenvalue weighted by Crippen LogP contribution is -2.18. The average Bonchev–Trinajstić information content (AvgIpc) is 3.50. The molecule has 35 heavy (non-hydrogen) atoms. The Morgan fingerprint density at radius 2 is 1.94 bits per heavy atom. The first-order valence-electron chi connectivity index (χ1n) is 11.4. The quantitative estimate of drug-likeness (QED) is 0.387. The van der Waals surface area contributed by atoms with Gasteiger partial charge in [0.1, 0.15) is 24.0 Å². The number of aromatic nitrogens is 4. The van der Waals surface area contributed by atoms with E-state index < -0.39 is 0 Å². The highest BCUT2D eigenvalue weighted by atomic mass is 32.2. The van der Waals surface area contributed by atoms with Crippen molar-refractivity contribution in [2.75, 3.05) is 18.2 Å². The molecule has 2 aromatic heterocycles. The van der Waals surface area contributed by atoms with Crippen molar-refractivity contribution >= 4 is 23.5 Å². The zero-order chi connectivity index (χ0) is 24.2. The molecule has 5 rings (SSSR count). The molecule has 2 aromatic carbocycles. The number of nitrogens with one attached hydrogen (secondary N) is 1. The summed E-state index contributed by atoms with van der Waals surface area (Å²) in [6.07, 6.45) is 5.45. The Morgan fingerprint density at radius 3 is 2.74 bits per heavy atom. The summed E-state index contributed by atoms with van der Waals surface area (Å²) >= 11 is 1.28. The molecule has 1 amide bonds. The highest BCUT2D eigenvalue weighted by Crippen LogP contribution is 2.35. The summed E-state index contributed by atoms with van der Waals surface area (Å²) in [5.41, 5.74) is 4.49. The number of nitriles is 1. The summed E-state index contributed by atoms with van der Waals surface area (Å²) in [7, 11) is 1.61. The Morgan fingerprint density at radius 1 is 1.14 bits per heavy atom. The van der Waals surface area contributed by atoms with Crippen molar-refractivity contribution in [3.63, 3.8) is 0 Å². The Balaban J connectivity index is 1.40. The normalized spacial score (nSPS) is 12.6. The molecule has 2 heterocycles. The van der Waals surface area contributed by atoms with Gasteiger partial charge in [-0.15, -0.1) is 10.2 Å². The van der Waals surface area contributed by atoms with Gasteiger partial charge in [0.25, 0.3) is 0 Å². The zero-order valence-electron chi connectivity index (χ0n) is 19.3. The van der Waals surface area contributed by atoms with Gasteiger partial charge in [-0.1, -0.05) is 36.0 Å². The average molecular weight is 485 g/mol. The Hall–Kier alpha value is -4.03. The molecule has 1 aliphatic carbocycles. The summed E-state index contributed by atoms with van der Waals surface area (Å²) in [6.45, 7) is 0. The van der Waals surface area contributed by atoms with E-state index in [2.05, 4.69) is 21.6 Å². The number of nitrogens with zero attached hydrogens (tertiary/aromatic N) is 5. The number of carbonyl (C=O) groups is 1. The van der Waals surface area contributed by atoms with Gasteiger partial charge in [-0.05, 0) is 55.5 Å². The molecule has 0 aliphatic heterocycles.